The van der Waals surface area contributed by atoms with Crippen molar-refractivity contribution in [3.63, 3.8) is 0 Å². The average Bonchev–Trinajstić information content (AvgIpc) is 2.81. The van der Waals surface area contributed by atoms with E-state index < -0.39 is 5.97 Å². The van der Waals surface area contributed by atoms with E-state index in [1.54, 1.807) is 14.0 Å². The monoisotopic (exact) mass is 296 g/mol. The summed E-state index contributed by atoms with van der Waals surface area (Å²) in [6.45, 7) is 3.33. The molecule has 116 valence electrons. The second kappa shape index (κ2) is 7.07. The molecule has 2 rings (SSSR count). The predicted octanol–water partition coefficient (Wildman–Crippen LogP) is 0.897. The first-order valence-corrected chi connectivity index (χ1v) is 6.96. The van der Waals surface area contributed by atoms with Crippen LogP contribution >= 0.6 is 0 Å². The minimum atomic E-state index is -0.467. The molecule has 0 atom stereocenters. The number of nitrogens with one attached hydrogen (secondary N) is 2. The van der Waals surface area contributed by atoms with Crippen LogP contribution in [0.4, 0.5) is 10.7 Å². The molecule has 8 heteroatoms. The molecule has 8 nitrogen and oxygen atoms in total. The van der Waals surface area contributed by atoms with Gasteiger partial charge in [0.1, 0.15) is 5.69 Å². The van der Waals surface area contributed by atoms with E-state index in [4.69, 9.17) is 9.47 Å². The van der Waals surface area contributed by atoms with Gasteiger partial charge in [-0.15, -0.1) is 0 Å². The molecular weight excluding hydrogens is 276 g/mol. The molecule has 0 aromatic carbocycles. The van der Waals surface area contributed by atoms with Crippen molar-refractivity contribution < 1.29 is 19.1 Å². The summed E-state index contributed by atoms with van der Waals surface area (Å²) < 4.78 is 11.6. The lowest BCUT2D eigenvalue weighted by Crippen LogP contribution is -2.41. The van der Waals surface area contributed by atoms with Crippen molar-refractivity contribution in [2.45, 2.75) is 25.8 Å². The quantitative estimate of drug-likeness (QED) is 0.805. The number of carbonyl (C=O) groups excluding carboxylic acids is 2. The zero-order valence-corrected chi connectivity index (χ0v) is 12.2. The fourth-order valence-electron chi connectivity index (χ4n) is 2.09. The van der Waals surface area contributed by atoms with Crippen molar-refractivity contribution >= 4 is 17.9 Å². The Kier molecular flexibility index (Phi) is 5.15. The van der Waals surface area contributed by atoms with Gasteiger partial charge in [0.2, 0.25) is 5.95 Å². The van der Waals surface area contributed by atoms with Gasteiger partial charge < -0.3 is 19.4 Å². The Hall–Kier alpha value is -2.09. The minimum Gasteiger partial charge on any atom is -0.461 e. The molecule has 2 N–H and O–H groups in total. The second-order valence-electron chi connectivity index (χ2n) is 4.73. The van der Waals surface area contributed by atoms with Gasteiger partial charge in [-0.25, -0.2) is 14.6 Å². The lowest BCUT2D eigenvalue weighted by Gasteiger charge is -2.23. The number of nitrogens with zero attached hydrogens (tertiary/aromatic N) is 2. The van der Waals surface area contributed by atoms with Gasteiger partial charge in [-0.05, 0) is 19.8 Å². The minimum absolute atomic E-state index is 0.101. The fraction of sp³-hybridized carbons (Fsp3) is 0.615. The Balaban J connectivity index is 1.93. The maximum Gasteiger partial charge on any atom is 0.356 e. The van der Waals surface area contributed by atoms with Gasteiger partial charge in [-0.1, -0.05) is 0 Å². The third-order valence-electron chi connectivity index (χ3n) is 3.25. The van der Waals surface area contributed by atoms with Crippen LogP contribution in [0.1, 0.15) is 30.3 Å². The smallest absolute Gasteiger partial charge is 0.356 e. The van der Waals surface area contributed by atoms with Crippen LogP contribution in [0.15, 0.2) is 6.20 Å². The van der Waals surface area contributed by atoms with Crippen molar-refractivity contribution in [1.29, 1.82) is 0 Å². The summed E-state index contributed by atoms with van der Waals surface area (Å²) in [5.74, 6) is -0.173. The normalized spacial score (nSPS) is 15.5. The van der Waals surface area contributed by atoms with E-state index >= 15 is 0 Å². The van der Waals surface area contributed by atoms with Gasteiger partial charge in [0, 0.05) is 26.3 Å². The second-order valence-corrected chi connectivity index (χ2v) is 4.73. The first-order chi connectivity index (χ1) is 10.1. The van der Waals surface area contributed by atoms with E-state index in [1.807, 2.05) is 0 Å². The Morgan fingerprint density at radius 3 is 2.86 bits per heavy atom. The van der Waals surface area contributed by atoms with E-state index in [0.717, 1.165) is 12.8 Å². The van der Waals surface area contributed by atoms with Crippen LogP contribution in [0, 0.1) is 0 Å². The Labute approximate surface area is 122 Å². The summed E-state index contributed by atoms with van der Waals surface area (Å²) in [6.07, 6.45) is 2.96. The molecule has 0 saturated carbocycles. The first kappa shape index (κ1) is 15.3. The molecule has 1 saturated heterocycles. The molecule has 1 aliphatic heterocycles. The van der Waals surface area contributed by atoms with E-state index in [2.05, 4.69) is 15.6 Å². The van der Waals surface area contributed by atoms with Crippen molar-refractivity contribution in [1.82, 2.24) is 14.9 Å². The summed E-state index contributed by atoms with van der Waals surface area (Å²) in [6, 6.07) is -0.241. The zero-order chi connectivity index (χ0) is 15.2. The zero-order valence-electron chi connectivity index (χ0n) is 12.2. The number of carbonyl (C=O) groups is 2. The fourth-order valence-corrected chi connectivity index (χ4v) is 2.09. The standard InChI is InChI=1S/C13H20N4O4/c1-3-21-11(18)10-8-14-12(17(10)2)16-13(19)15-9-4-6-20-7-5-9/h8-9H,3-7H2,1-2H3,(H2,14,15,16,19). The number of amides is 2. The van der Waals surface area contributed by atoms with Gasteiger partial charge in [0.15, 0.2) is 0 Å². The summed E-state index contributed by atoms with van der Waals surface area (Å²) >= 11 is 0. The summed E-state index contributed by atoms with van der Waals surface area (Å²) in [5, 5.41) is 5.49. The third kappa shape index (κ3) is 3.94. The van der Waals surface area contributed by atoms with E-state index in [1.165, 1.54) is 10.8 Å². The number of imidazole rings is 1. The molecule has 2 heterocycles. The summed E-state index contributed by atoms with van der Waals surface area (Å²) in [5.41, 5.74) is 0.290. The molecule has 0 spiro atoms. The van der Waals surface area contributed by atoms with Crippen LogP contribution in [-0.4, -0.2) is 47.4 Å². The number of aromatic nitrogens is 2. The number of rotatable bonds is 4. The van der Waals surface area contributed by atoms with E-state index in [-0.39, 0.29) is 18.7 Å². The molecule has 0 aliphatic carbocycles. The van der Waals surface area contributed by atoms with Crippen LogP contribution < -0.4 is 10.6 Å². The van der Waals surface area contributed by atoms with Crippen molar-refractivity contribution in [3.05, 3.63) is 11.9 Å². The lowest BCUT2D eigenvalue weighted by atomic mass is 10.1. The van der Waals surface area contributed by atoms with Crippen LogP contribution in [0.25, 0.3) is 0 Å². The highest BCUT2D eigenvalue weighted by Gasteiger charge is 2.19. The lowest BCUT2D eigenvalue weighted by molar-refractivity contribution is 0.0515. The first-order valence-electron chi connectivity index (χ1n) is 6.96. The molecule has 2 amide bonds. The van der Waals surface area contributed by atoms with Crippen molar-refractivity contribution in [2.24, 2.45) is 7.05 Å². The highest BCUT2D eigenvalue weighted by Crippen LogP contribution is 2.10. The van der Waals surface area contributed by atoms with E-state index in [9.17, 15) is 9.59 Å². The van der Waals surface area contributed by atoms with Crippen molar-refractivity contribution in [3.8, 4) is 0 Å². The molecule has 21 heavy (non-hydrogen) atoms. The van der Waals surface area contributed by atoms with Crippen LogP contribution in [0.5, 0.6) is 0 Å². The Morgan fingerprint density at radius 1 is 1.48 bits per heavy atom. The van der Waals surface area contributed by atoms with Gasteiger partial charge >= 0.3 is 12.0 Å². The van der Waals surface area contributed by atoms with Gasteiger partial charge in [-0.2, -0.15) is 0 Å². The SMILES string of the molecule is CCOC(=O)c1cnc(NC(=O)NC2CCOCC2)n1C. The molecule has 0 unspecified atom stereocenters. The van der Waals surface area contributed by atoms with Gasteiger partial charge in [-0.3, -0.25) is 5.32 Å². The van der Waals surface area contributed by atoms with Gasteiger partial charge in [0.05, 0.1) is 12.8 Å². The molecule has 0 bridgehead atoms. The van der Waals surface area contributed by atoms with Crippen LogP contribution in [0.3, 0.4) is 0 Å². The predicted molar refractivity (Wildman–Crippen MR) is 75.2 cm³/mol. The number of anilines is 1. The third-order valence-corrected chi connectivity index (χ3v) is 3.25. The van der Waals surface area contributed by atoms with Crippen LogP contribution in [0.2, 0.25) is 0 Å². The molecule has 1 aromatic rings. The molecule has 1 fully saturated rings. The highest BCUT2D eigenvalue weighted by molar-refractivity contribution is 5.91. The number of hydrogen-bond acceptors (Lipinski definition) is 5. The van der Waals surface area contributed by atoms with Crippen LogP contribution in [-0.2, 0) is 16.5 Å². The molecular formula is C13H20N4O4. The van der Waals surface area contributed by atoms with E-state index in [0.29, 0.717) is 24.9 Å². The highest BCUT2D eigenvalue weighted by atomic mass is 16.5. The number of ether oxygens (including phenoxy) is 2. The average molecular weight is 296 g/mol. The number of esters is 1. The summed E-state index contributed by atoms with van der Waals surface area (Å²) in [4.78, 5) is 27.6. The maximum absolute atomic E-state index is 11.9. The topological polar surface area (TPSA) is 94.5 Å². The molecule has 0 radical (unpaired) electrons. The van der Waals surface area contributed by atoms with Crippen molar-refractivity contribution in [2.75, 3.05) is 25.1 Å². The Morgan fingerprint density at radius 2 is 2.19 bits per heavy atom. The number of hydrogen-bond donors (Lipinski definition) is 2. The number of urea groups is 1. The molecule has 1 aliphatic rings. The largest absolute Gasteiger partial charge is 0.461 e. The summed E-state index contributed by atoms with van der Waals surface area (Å²) in [7, 11) is 1.64. The maximum atomic E-state index is 11.9. The van der Waals surface area contributed by atoms with Gasteiger partial charge in [0.25, 0.3) is 0 Å². The molecule has 1 aromatic heterocycles. The Bertz CT molecular complexity index is 508.